The molecule has 2 aliphatic rings. The van der Waals surface area contributed by atoms with Crippen molar-refractivity contribution in [3.63, 3.8) is 0 Å². The minimum Gasteiger partial charge on any atom is -0.480 e. The number of carboxylic acid groups (broad SMARTS) is 1. The van der Waals surface area contributed by atoms with E-state index in [1.807, 2.05) is 0 Å². The molecule has 2 unspecified atom stereocenters. The zero-order chi connectivity index (χ0) is 22.6. The van der Waals surface area contributed by atoms with E-state index in [4.69, 9.17) is 5.73 Å². The molecule has 0 spiro atoms. The molecule has 178 valence electrons. The highest BCUT2D eigenvalue weighted by atomic mass is 16.4. The van der Waals surface area contributed by atoms with Crippen molar-refractivity contribution >= 4 is 17.9 Å². The molecule has 0 heterocycles. The van der Waals surface area contributed by atoms with Crippen LogP contribution in [0.4, 0.5) is 4.79 Å². The molecular formula is C23H42N4O4. The lowest BCUT2D eigenvalue weighted by atomic mass is 9.84. The summed E-state index contributed by atoms with van der Waals surface area (Å²) >= 11 is 0. The summed E-state index contributed by atoms with van der Waals surface area (Å²) in [6.07, 6.45) is 12.2. The molecule has 2 aliphatic carbocycles. The minimum absolute atomic E-state index is 0.144. The van der Waals surface area contributed by atoms with E-state index in [2.05, 4.69) is 22.9 Å². The molecule has 2 rings (SSSR count). The first-order valence-electron chi connectivity index (χ1n) is 12.2. The Morgan fingerprint density at radius 2 is 1.68 bits per heavy atom. The average Bonchev–Trinajstić information content (AvgIpc) is 2.73. The lowest BCUT2D eigenvalue weighted by molar-refractivity contribution is -0.139. The number of aliphatic carboxylic acids is 1. The van der Waals surface area contributed by atoms with Crippen molar-refractivity contribution < 1.29 is 19.5 Å². The van der Waals surface area contributed by atoms with E-state index in [-0.39, 0.29) is 11.9 Å². The Bertz CT molecular complexity index is 580. The third-order valence-electron chi connectivity index (χ3n) is 6.75. The van der Waals surface area contributed by atoms with Crippen LogP contribution >= 0.6 is 0 Å². The largest absolute Gasteiger partial charge is 0.480 e. The zero-order valence-corrected chi connectivity index (χ0v) is 19.0. The van der Waals surface area contributed by atoms with Crippen molar-refractivity contribution in [2.75, 3.05) is 6.54 Å². The van der Waals surface area contributed by atoms with Gasteiger partial charge in [0.05, 0.1) is 0 Å². The van der Waals surface area contributed by atoms with Gasteiger partial charge in [-0.25, -0.2) is 9.59 Å². The number of amides is 3. The molecule has 4 atom stereocenters. The minimum atomic E-state index is -1.07. The van der Waals surface area contributed by atoms with E-state index in [0.717, 1.165) is 44.9 Å². The van der Waals surface area contributed by atoms with Gasteiger partial charge in [0.2, 0.25) is 5.91 Å². The standard InChI is InChI=1S/C23H42N4O4/c1-16-8-7-11-18(14-16)25-21(28)20(15-17-9-3-2-4-10-17)27-23(31)26-19(22(29)30)12-5-6-13-24/h16-20H,2-15,24H2,1H3,(H,25,28)(H,29,30)(H2,26,27,31)/t16?,18-,19+,20?/m1/s1. The Morgan fingerprint density at radius 3 is 2.32 bits per heavy atom. The Labute approximate surface area is 186 Å². The van der Waals surface area contributed by atoms with Crippen LogP contribution in [-0.2, 0) is 9.59 Å². The van der Waals surface area contributed by atoms with Gasteiger partial charge >= 0.3 is 12.0 Å². The summed E-state index contributed by atoms with van der Waals surface area (Å²) in [6, 6.07) is -2.06. The second-order valence-electron chi connectivity index (χ2n) is 9.56. The maximum Gasteiger partial charge on any atom is 0.326 e. The van der Waals surface area contributed by atoms with Crippen molar-refractivity contribution in [3.8, 4) is 0 Å². The molecule has 0 aromatic carbocycles. The van der Waals surface area contributed by atoms with Gasteiger partial charge < -0.3 is 26.8 Å². The summed E-state index contributed by atoms with van der Waals surface area (Å²) in [4.78, 5) is 37.2. The maximum atomic E-state index is 13.1. The summed E-state index contributed by atoms with van der Waals surface area (Å²) in [7, 11) is 0. The molecule has 0 radical (unpaired) electrons. The van der Waals surface area contributed by atoms with E-state index >= 15 is 0 Å². The second-order valence-corrected chi connectivity index (χ2v) is 9.56. The first-order valence-corrected chi connectivity index (χ1v) is 12.2. The van der Waals surface area contributed by atoms with Crippen LogP contribution in [0.15, 0.2) is 0 Å². The van der Waals surface area contributed by atoms with E-state index in [1.165, 1.54) is 12.8 Å². The molecule has 6 N–H and O–H groups in total. The number of carbonyl (C=O) groups excluding carboxylic acids is 2. The number of rotatable bonds is 11. The molecule has 0 aliphatic heterocycles. The van der Waals surface area contributed by atoms with Gasteiger partial charge in [-0.05, 0) is 56.9 Å². The first kappa shape index (κ1) is 25.4. The predicted molar refractivity (Wildman–Crippen MR) is 121 cm³/mol. The Morgan fingerprint density at radius 1 is 0.968 bits per heavy atom. The Hall–Kier alpha value is -1.83. The normalized spacial score (nSPS) is 24.1. The fraction of sp³-hybridized carbons (Fsp3) is 0.870. The quantitative estimate of drug-likeness (QED) is 0.316. The highest BCUT2D eigenvalue weighted by Crippen LogP contribution is 2.28. The molecule has 8 heteroatoms. The number of unbranched alkanes of at least 4 members (excludes halogenated alkanes) is 1. The number of hydrogen-bond acceptors (Lipinski definition) is 4. The average molecular weight is 439 g/mol. The number of urea groups is 1. The van der Waals surface area contributed by atoms with Crippen molar-refractivity contribution in [2.45, 2.75) is 109 Å². The third-order valence-corrected chi connectivity index (χ3v) is 6.75. The molecule has 8 nitrogen and oxygen atoms in total. The van der Waals surface area contributed by atoms with Crippen molar-refractivity contribution in [1.29, 1.82) is 0 Å². The fourth-order valence-electron chi connectivity index (χ4n) is 4.96. The molecule has 0 bridgehead atoms. The first-order chi connectivity index (χ1) is 14.9. The molecule has 2 saturated carbocycles. The van der Waals surface area contributed by atoms with Crippen LogP contribution in [0.25, 0.3) is 0 Å². The number of nitrogens with one attached hydrogen (secondary N) is 3. The van der Waals surface area contributed by atoms with Gasteiger partial charge in [-0.1, -0.05) is 51.9 Å². The van der Waals surface area contributed by atoms with Gasteiger partial charge in [-0.2, -0.15) is 0 Å². The lowest BCUT2D eigenvalue weighted by Gasteiger charge is -2.31. The van der Waals surface area contributed by atoms with Gasteiger partial charge in [-0.3, -0.25) is 4.79 Å². The van der Waals surface area contributed by atoms with Gasteiger partial charge in [0.25, 0.3) is 0 Å². The van der Waals surface area contributed by atoms with Crippen LogP contribution in [0.2, 0.25) is 0 Å². The summed E-state index contributed by atoms with van der Waals surface area (Å²) in [5.41, 5.74) is 5.47. The smallest absolute Gasteiger partial charge is 0.326 e. The van der Waals surface area contributed by atoms with E-state index in [0.29, 0.717) is 44.1 Å². The summed E-state index contributed by atoms with van der Waals surface area (Å²) < 4.78 is 0. The van der Waals surface area contributed by atoms with Gasteiger partial charge in [0.1, 0.15) is 12.1 Å². The van der Waals surface area contributed by atoms with Crippen molar-refractivity contribution in [3.05, 3.63) is 0 Å². The van der Waals surface area contributed by atoms with Crippen LogP contribution in [0.1, 0.15) is 90.4 Å². The molecule has 31 heavy (non-hydrogen) atoms. The summed E-state index contributed by atoms with van der Waals surface area (Å²) in [6.45, 7) is 2.70. The molecule has 3 amide bonds. The highest BCUT2D eigenvalue weighted by molar-refractivity contribution is 5.88. The lowest BCUT2D eigenvalue weighted by Crippen LogP contribution is -2.55. The third kappa shape index (κ3) is 9.46. The zero-order valence-electron chi connectivity index (χ0n) is 19.0. The predicted octanol–water partition coefficient (Wildman–Crippen LogP) is 2.90. The van der Waals surface area contributed by atoms with Crippen molar-refractivity contribution in [1.82, 2.24) is 16.0 Å². The number of carbonyl (C=O) groups is 3. The topological polar surface area (TPSA) is 134 Å². The molecule has 0 aromatic heterocycles. The highest BCUT2D eigenvalue weighted by Gasteiger charge is 2.30. The summed E-state index contributed by atoms with van der Waals surface area (Å²) in [5, 5.41) is 17.9. The SMILES string of the molecule is CC1CCC[C@@H](NC(=O)C(CC2CCCCC2)NC(=O)N[C@@H](CCCCN)C(=O)O)C1. The number of hydrogen-bond donors (Lipinski definition) is 5. The van der Waals surface area contributed by atoms with Crippen LogP contribution in [0.3, 0.4) is 0 Å². The molecule has 0 saturated heterocycles. The van der Waals surface area contributed by atoms with Crippen LogP contribution in [-0.4, -0.2) is 47.7 Å². The van der Waals surface area contributed by atoms with Crippen LogP contribution in [0, 0.1) is 11.8 Å². The molecule has 0 aromatic rings. The van der Waals surface area contributed by atoms with E-state index in [1.54, 1.807) is 0 Å². The Kier molecular flexibility index (Phi) is 11.1. The van der Waals surface area contributed by atoms with Crippen LogP contribution < -0.4 is 21.7 Å². The number of nitrogens with two attached hydrogens (primary N) is 1. The number of carboxylic acids is 1. The Balaban J connectivity index is 1.96. The molecule has 2 fully saturated rings. The van der Waals surface area contributed by atoms with E-state index < -0.39 is 24.1 Å². The van der Waals surface area contributed by atoms with Gasteiger partial charge in [0.15, 0.2) is 0 Å². The van der Waals surface area contributed by atoms with Gasteiger partial charge in [-0.15, -0.1) is 0 Å². The van der Waals surface area contributed by atoms with E-state index in [9.17, 15) is 19.5 Å². The monoisotopic (exact) mass is 438 g/mol. The maximum absolute atomic E-state index is 13.1. The van der Waals surface area contributed by atoms with Crippen LogP contribution in [0.5, 0.6) is 0 Å². The van der Waals surface area contributed by atoms with Crippen molar-refractivity contribution in [2.24, 2.45) is 17.6 Å². The fourth-order valence-corrected chi connectivity index (χ4v) is 4.96. The van der Waals surface area contributed by atoms with Gasteiger partial charge in [0, 0.05) is 6.04 Å². The summed E-state index contributed by atoms with van der Waals surface area (Å²) in [5.74, 6) is -0.210. The molecular weight excluding hydrogens is 396 g/mol. The second kappa shape index (κ2) is 13.6.